The molecule has 192 valence electrons. The van der Waals surface area contributed by atoms with Crippen LogP contribution in [-0.2, 0) is 17.0 Å². The van der Waals surface area contributed by atoms with Crippen LogP contribution >= 0.6 is 0 Å². The molecular weight excluding hydrogens is 516 g/mol. The summed E-state index contributed by atoms with van der Waals surface area (Å²) in [5.74, 6) is -1.25. The topological polar surface area (TPSA) is 107 Å². The molecule has 9 nitrogen and oxygen atoms in total. The molecule has 0 radical (unpaired) electrons. The monoisotopic (exact) mass is 533 g/mol. The second-order valence-corrected chi connectivity index (χ2v) is 9.77. The van der Waals surface area contributed by atoms with Gasteiger partial charge in [-0.15, -0.1) is 5.10 Å². The molecule has 0 bridgehead atoms. The maximum Gasteiger partial charge on any atom is 0.417 e. The number of aromatic nitrogens is 6. The van der Waals surface area contributed by atoms with Crippen molar-refractivity contribution < 1.29 is 35.3 Å². The summed E-state index contributed by atoms with van der Waals surface area (Å²) in [5, 5.41) is 9.95. The number of halogens is 6. The molecule has 1 atom stereocenters. The van der Waals surface area contributed by atoms with Crippen molar-refractivity contribution in [1.82, 2.24) is 34.5 Å². The van der Waals surface area contributed by atoms with Crippen LogP contribution in [0, 0.1) is 0 Å². The molecule has 0 fully saturated rings. The number of carbonyl (C=O) groups is 1. The van der Waals surface area contributed by atoms with Crippen LogP contribution in [0.5, 0.6) is 0 Å². The molecule has 0 aliphatic rings. The Morgan fingerprint density at radius 3 is 2.39 bits per heavy atom. The number of amides is 1. The van der Waals surface area contributed by atoms with E-state index < -0.39 is 40.2 Å². The molecule has 0 saturated carbocycles. The highest BCUT2D eigenvalue weighted by atomic mass is 32.2. The zero-order chi connectivity index (χ0) is 26.6. The highest BCUT2D eigenvalue weighted by Crippen LogP contribution is 2.32. The normalized spacial score (nSPS) is 13.9. The van der Waals surface area contributed by atoms with Crippen LogP contribution in [0.2, 0.25) is 0 Å². The third-order valence-electron chi connectivity index (χ3n) is 5.21. The van der Waals surface area contributed by atoms with Crippen LogP contribution in [-0.4, -0.2) is 56.8 Å². The Hall–Kier alpha value is -3.56. The van der Waals surface area contributed by atoms with Gasteiger partial charge in [-0.05, 0) is 32.0 Å². The summed E-state index contributed by atoms with van der Waals surface area (Å²) in [6, 6.07) is 3.03. The average molecular weight is 533 g/mol. The first-order valence-corrected chi connectivity index (χ1v) is 11.6. The number of hydrogen-bond acceptors (Lipinski definition) is 6. The highest BCUT2D eigenvalue weighted by Gasteiger charge is 2.48. The molecule has 1 amide bonds. The van der Waals surface area contributed by atoms with Gasteiger partial charge in [0.2, 0.25) is 0 Å². The quantitative estimate of drug-likeness (QED) is 0.393. The maximum absolute atomic E-state index is 13.3. The summed E-state index contributed by atoms with van der Waals surface area (Å²) in [6.45, 7) is 3.14. The Kier molecular flexibility index (Phi) is 6.05. The fourth-order valence-electron chi connectivity index (χ4n) is 3.17. The van der Waals surface area contributed by atoms with Gasteiger partial charge in [0.05, 0.1) is 16.4 Å². The number of nitrogens with one attached hydrogen (secondary N) is 1. The van der Waals surface area contributed by atoms with Crippen molar-refractivity contribution in [2.45, 2.75) is 43.7 Å². The number of fused-ring (bicyclic) bond motifs is 2. The molecule has 4 aromatic heterocycles. The van der Waals surface area contributed by atoms with Gasteiger partial charge in [0.15, 0.2) is 22.1 Å². The lowest BCUT2D eigenvalue weighted by atomic mass is 10.1. The number of alkyl halides is 6. The number of nitrogens with zero attached hydrogens (tertiary/aromatic N) is 6. The van der Waals surface area contributed by atoms with E-state index >= 15 is 0 Å². The summed E-state index contributed by atoms with van der Waals surface area (Å²) < 4.78 is 93.7. The second kappa shape index (κ2) is 8.53. The van der Waals surface area contributed by atoms with E-state index in [2.05, 4.69) is 20.2 Å². The lowest BCUT2D eigenvalue weighted by Crippen LogP contribution is -2.54. The molecule has 4 rings (SSSR count). The Bertz CT molecular complexity index is 1510. The summed E-state index contributed by atoms with van der Waals surface area (Å²) in [6.07, 6.45) is -7.53. The number of carbonyl (C=O) groups excluding carboxylic acids is 1. The van der Waals surface area contributed by atoms with Crippen LogP contribution in [0.15, 0.2) is 35.6 Å². The van der Waals surface area contributed by atoms with Crippen molar-refractivity contribution in [3.8, 4) is 11.4 Å². The zero-order valence-corrected chi connectivity index (χ0v) is 19.6. The lowest BCUT2D eigenvalue weighted by molar-refractivity contribution is -0.182. The molecule has 0 aliphatic heterocycles. The smallest absolute Gasteiger partial charge is 0.337 e. The van der Waals surface area contributed by atoms with E-state index in [1.54, 1.807) is 6.92 Å². The number of hydrogen-bond donors (Lipinski definition) is 1. The number of rotatable bonds is 5. The predicted molar refractivity (Wildman–Crippen MR) is 115 cm³/mol. The van der Waals surface area contributed by atoms with E-state index in [4.69, 9.17) is 0 Å². The van der Waals surface area contributed by atoms with Gasteiger partial charge >= 0.3 is 12.4 Å². The van der Waals surface area contributed by atoms with Gasteiger partial charge in [0.1, 0.15) is 16.8 Å². The van der Waals surface area contributed by atoms with E-state index in [0.29, 0.717) is 0 Å². The predicted octanol–water partition coefficient (Wildman–Crippen LogP) is 3.66. The summed E-state index contributed by atoms with van der Waals surface area (Å²) in [4.78, 5) is 21.1. The summed E-state index contributed by atoms with van der Waals surface area (Å²) in [7, 11) is -1.78. The first kappa shape index (κ1) is 25.5. The van der Waals surface area contributed by atoms with Crippen molar-refractivity contribution in [1.29, 1.82) is 0 Å². The Morgan fingerprint density at radius 2 is 1.78 bits per heavy atom. The van der Waals surface area contributed by atoms with Crippen molar-refractivity contribution in [2.75, 3.05) is 5.75 Å². The van der Waals surface area contributed by atoms with E-state index in [1.165, 1.54) is 0 Å². The van der Waals surface area contributed by atoms with E-state index in [9.17, 15) is 35.3 Å². The third-order valence-corrected chi connectivity index (χ3v) is 6.45. The van der Waals surface area contributed by atoms with Gasteiger partial charge in [0, 0.05) is 18.1 Å². The van der Waals surface area contributed by atoms with Crippen LogP contribution in [0.25, 0.3) is 22.7 Å². The zero-order valence-electron chi connectivity index (χ0n) is 18.8. The third kappa shape index (κ3) is 4.40. The molecule has 1 N–H and O–H groups in total. The second-order valence-electron chi connectivity index (χ2n) is 8.11. The SMILES string of the molecule is CCS(=O)c1nn2c(C(=O)NC(C)(C)C(F)(F)F)ccnc2c1-c1nc2ccc(C(F)(F)F)cn2n1. The van der Waals surface area contributed by atoms with Crippen molar-refractivity contribution in [3.63, 3.8) is 0 Å². The van der Waals surface area contributed by atoms with Crippen LogP contribution in [0.3, 0.4) is 0 Å². The Morgan fingerprint density at radius 1 is 1.08 bits per heavy atom. The molecule has 0 aliphatic carbocycles. The fraction of sp³-hybridized carbons (Fsp3) is 0.350. The first-order valence-electron chi connectivity index (χ1n) is 10.2. The van der Waals surface area contributed by atoms with Gasteiger partial charge in [-0.2, -0.15) is 31.4 Å². The molecule has 0 spiro atoms. The highest BCUT2D eigenvalue weighted by molar-refractivity contribution is 7.85. The molecule has 4 aromatic rings. The largest absolute Gasteiger partial charge is 0.417 e. The van der Waals surface area contributed by atoms with Gasteiger partial charge in [0.25, 0.3) is 5.91 Å². The minimum absolute atomic E-state index is 0.0304. The van der Waals surface area contributed by atoms with Crippen LogP contribution in [0.4, 0.5) is 26.3 Å². The average Bonchev–Trinajstić information content (AvgIpc) is 3.37. The molecule has 1 unspecified atom stereocenters. The van der Waals surface area contributed by atoms with Gasteiger partial charge in [-0.3, -0.25) is 9.00 Å². The van der Waals surface area contributed by atoms with Crippen LogP contribution < -0.4 is 5.32 Å². The lowest BCUT2D eigenvalue weighted by Gasteiger charge is -2.28. The molecule has 0 aromatic carbocycles. The Balaban J connectivity index is 1.90. The first-order chi connectivity index (χ1) is 16.6. The fourth-order valence-corrected chi connectivity index (χ4v) is 4.02. The summed E-state index contributed by atoms with van der Waals surface area (Å²) in [5.41, 5.74) is -4.02. The van der Waals surface area contributed by atoms with Crippen molar-refractivity contribution in [3.05, 3.63) is 41.9 Å². The molecule has 36 heavy (non-hydrogen) atoms. The van der Waals surface area contributed by atoms with E-state index in [0.717, 1.165) is 53.5 Å². The minimum atomic E-state index is -4.76. The molecule has 16 heteroatoms. The van der Waals surface area contributed by atoms with Gasteiger partial charge < -0.3 is 5.32 Å². The Labute approximate surface area is 201 Å². The van der Waals surface area contributed by atoms with Crippen molar-refractivity contribution in [2.24, 2.45) is 0 Å². The van der Waals surface area contributed by atoms with E-state index in [-0.39, 0.29) is 39.2 Å². The van der Waals surface area contributed by atoms with Crippen molar-refractivity contribution >= 4 is 28.0 Å². The molecule has 4 heterocycles. The standard InChI is InChI=1S/C20H17F6N7O2S/c1-4-36(35)17-13(14-28-12-6-5-10(19(21,22)23)9-32(12)30-14)15-27-8-7-11(33(15)31-17)16(34)29-18(2,3)20(24,25)26/h5-9H,4H2,1-3H3,(H,29,34). The van der Waals surface area contributed by atoms with Gasteiger partial charge in [-0.1, -0.05) is 6.92 Å². The molecule has 0 saturated heterocycles. The van der Waals surface area contributed by atoms with Gasteiger partial charge in [-0.25, -0.2) is 19.0 Å². The summed E-state index contributed by atoms with van der Waals surface area (Å²) >= 11 is 0. The van der Waals surface area contributed by atoms with E-state index in [1.807, 2.05) is 5.32 Å². The molecular formula is C20H17F6N7O2S. The maximum atomic E-state index is 13.3. The van der Waals surface area contributed by atoms with Crippen LogP contribution in [0.1, 0.15) is 36.8 Å². The minimum Gasteiger partial charge on any atom is -0.337 e. The number of pyridine rings is 1.